The van der Waals surface area contributed by atoms with Crippen LogP contribution in [-0.2, 0) is 0 Å². The third kappa shape index (κ3) is 2.33. The Kier molecular flexibility index (Phi) is 3.43. The lowest BCUT2D eigenvalue weighted by molar-refractivity contribution is 0.297. The second kappa shape index (κ2) is 5.21. The van der Waals surface area contributed by atoms with Crippen molar-refractivity contribution < 1.29 is 9.47 Å². The monoisotopic (exact) mass is 280 g/mol. The fourth-order valence-corrected chi connectivity index (χ4v) is 2.98. The zero-order valence-electron chi connectivity index (χ0n) is 9.77. The van der Waals surface area contributed by atoms with Gasteiger partial charge in [-0.3, -0.25) is 0 Å². The Morgan fingerprint density at radius 2 is 1.89 bits per heavy atom. The van der Waals surface area contributed by atoms with E-state index in [2.05, 4.69) is 5.38 Å². The molecule has 1 atom stereocenters. The average molecular weight is 281 g/mol. The highest BCUT2D eigenvalue weighted by atomic mass is 35.5. The summed E-state index contributed by atoms with van der Waals surface area (Å²) in [5.41, 5.74) is 2.16. The number of rotatable bonds is 2. The van der Waals surface area contributed by atoms with Crippen LogP contribution in [0.15, 0.2) is 35.0 Å². The quantitative estimate of drug-likeness (QED) is 0.766. The van der Waals surface area contributed by atoms with E-state index in [0.717, 1.165) is 29.0 Å². The second-order valence-corrected chi connectivity index (χ2v) is 5.39. The van der Waals surface area contributed by atoms with Crippen LogP contribution in [-0.4, -0.2) is 13.2 Å². The van der Waals surface area contributed by atoms with Gasteiger partial charge in [0.05, 0.1) is 18.6 Å². The van der Waals surface area contributed by atoms with Gasteiger partial charge in [0.25, 0.3) is 0 Å². The predicted octanol–water partition coefficient (Wildman–Crippen LogP) is 4.24. The fourth-order valence-electron chi connectivity index (χ4n) is 1.95. The summed E-state index contributed by atoms with van der Waals surface area (Å²) in [6.07, 6.45) is 0.916. The summed E-state index contributed by atoms with van der Waals surface area (Å²) in [5.74, 6) is 1.61. The Balaban J connectivity index is 1.92. The van der Waals surface area contributed by atoms with Crippen molar-refractivity contribution in [3.8, 4) is 11.5 Å². The molecule has 18 heavy (non-hydrogen) atoms. The molecule has 1 aromatic heterocycles. The Bertz CT molecular complexity index is 525. The van der Waals surface area contributed by atoms with Crippen LogP contribution in [0.25, 0.3) is 0 Å². The number of alkyl halides is 1. The van der Waals surface area contributed by atoms with Crippen molar-refractivity contribution in [2.75, 3.05) is 13.2 Å². The van der Waals surface area contributed by atoms with E-state index in [1.165, 1.54) is 0 Å². The molecule has 1 aliphatic rings. The molecular formula is C14H13ClO2S. The Labute approximate surface area is 115 Å². The third-order valence-electron chi connectivity index (χ3n) is 2.90. The van der Waals surface area contributed by atoms with Crippen molar-refractivity contribution in [3.05, 3.63) is 46.2 Å². The largest absolute Gasteiger partial charge is 0.490 e. The molecule has 0 saturated heterocycles. The molecule has 3 rings (SSSR count). The molecule has 2 heterocycles. The molecule has 0 amide bonds. The normalized spacial score (nSPS) is 16.1. The zero-order chi connectivity index (χ0) is 12.4. The first-order valence-corrected chi connectivity index (χ1v) is 7.28. The van der Waals surface area contributed by atoms with Gasteiger partial charge in [-0.15, -0.1) is 11.6 Å². The SMILES string of the molecule is ClC(c1ccsc1)c1ccc2c(c1)OCCCO2. The predicted molar refractivity (Wildman–Crippen MR) is 74.1 cm³/mol. The molecule has 4 heteroatoms. The van der Waals surface area contributed by atoms with Gasteiger partial charge in [0.15, 0.2) is 11.5 Å². The number of hydrogen-bond acceptors (Lipinski definition) is 3. The first-order chi connectivity index (χ1) is 8.84. The minimum Gasteiger partial charge on any atom is -0.490 e. The van der Waals surface area contributed by atoms with Gasteiger partial charge in [-0.25, -0.2) is 0 Å². The highest BCUT2D eigenvalue weighted by Crippen LogP contribution is 2.37. The van der Waals surface area contributed by atoms with Gasteiger partial charge in [-0.05, 0) is 40.1 Å². The van der Waals surface area contributed by atoms with E-state index in [1.807, 2.05) is 29.6 Å². The number of fused-ring (bicyclic) bond motifs is 1. The number of benzene rings is 1. The van der Waals surface area contributed by atoms with Gasteiger partial charge in [-0.1, -0.05) is 6.07 Å². The van der Waals surface area contributed by atoms with E-state index >= 15 is 0 Å². The maximum absolute atomic E-state index is 6.47. The lowest BCUT2D eigenvalue weighted by Gasteiger charge is -2.12. The maximum Gasteiger partial charge on any atom is 0.161 e. The van der Waals surface area contributed by atoms with Crippen LogP contribution in [0.3, 0.4) is 0 Å². The van der Waals surface area contributed by atoms with Gasteiger partial charge in [0.2, 0.25) is 0 Å². The molecule has 2 aromatic rings. The summed E-state index contributed by atoms with van der Waals surface area (Å²) >= 11 is 8.12. The van der Waals surface area contributed by atoms with Crippen molar-refractivity contribution in [1.29, 1.82) is 0 Å². The lowest BCUT2D eigenvalue weighted by Crippen LogP contribution is -1.97. The summed E-state index contributed by atoms with van der Waals surface area (Å²) in [5, 5.41) is 3.97. The summed E-state index contributed by atoms with van der Waals surface area (Å²) in [7, 11) is 0. The van der Waals surface area contributed by atoms with Crippen molar-refractivity contribution >= 4 is 22.9 Å². The standard InChI is InChI=1S/C14H13ClO2S/c15-14(11-4-7-18-9-11)10-2-3-12-13(8-10)17-6-1-5-16-12/h2-4,7-9,14H,1,5-6H2. The number of hydrogen-bond donors (Lipinski definition) is 0. The number of ether oxygens (including phenoxy) is 2. The van der Waals surface area contributed by atoms with Crippen molar-refractivity contribution in [2.45, 2.75) is 11.8 Å². The van der Waals surface area contributed by atoms with Gasteiger partial charge in [0.1, 0.15) is 0 Å². The molecule has 2 nitrogen and oxygen atoms in total. The first-order valence-electron chi connectivity index (χ1n) is 5.90. The zero-order valence-corrected chi connectivity index (χ0v) is 11.3. The summed E-state index contributed by atoms with van der Waals surface area (Å²) < 4.78 is 11.3. The Morgan fingerprint density at radius 1 is 1.06 bits per heavy atom. The fraction of sp³-hybridized carbons (Fsp3) is 0.286. The molecule has 0 saturated carbocycles. The van der Waals surface area contributed by atoms with Crippen molar-refractivity contribution in [1.82, 2.24) is 0 Å². The van der Waals surface area contributed by atoms with Crippen LogP contribution in [0.2, 0.25) is 0 Å². The molecule has 0 bridgehead atoms. The van der Waals surface area contributed by atoms with Crippen LogP contribution in [0.1, 0.15) is 22.9 Å². The van der Waals surface area contributed by atoms with Gasteiger partial charge >= 0.3 is 0 Å². The van der Waals surface area contributed by atoms with Crippen LogP contribution in [0.5, 0.6) is 11.5 Å². The summed E-state index contributed by atoms with van der Waals surface area (Å²) in [6.45, 7) is 1.41. The molecule has 94 valence electrons. The molecule has 0 fully saturated rings. The van der Waals surface area contributed by atoms with E-state index in [4.69, 9.17) is 21.1 Å². The van der Waals surface area contributed by atoms with E-state index < -0.39 is 0 Å². The maximum atomic E-state index is 6.47. The van der Waals surface area contributed by atoms with Crippen LogP contribution in [0.4, 0.5) is 0 Å². The minimum atomic E-state index is -0.131. The molecule has 1 aliphatic heterocycles. The molecule has 0 N–H and O–H groups in total. The highest BCUT2D eigenvalue weighted by molar-refractivity contribution is 7.08. The molecular weight excluding hydrogens is 268 g/mol. The van der Waals surface area contributed by atoms with E-state index in [0.29, 0.717) is 13.2 Å². The van der Waals surface area contributed by atoms with E-state index in [9.17, 15) is 0 Å². The van der Waals surface area contributed by atoms with E-state index in [-0.39, 0.29) is 5.38 Å². The van der Waals surface area contributed by atoms with Crippen LogP contribution < -0.4 is 9.47 Å². The van der Waals surface area contributed by atoms with Crippen molar-refractivity contribution in [2.24, 2.45) is 0 Å². The first kappa shape index (κ1) is 11.9. The van der Waals surface area contributed by atoms with Crippen LogP contribution >= 0.6 is 22.9 Å². The molecule has 1 unspecified atom stereocenters. The molecule has 1 aromatic carbocycles. The number of halogens is 1. The van der Waals surface area contributed by atoms with Gasteiger partial charge in [-0.2, -0.15) is 11.3 Å². The molecule has 0 radical (unpaired) electrons. The smallest absolute Gasteiger partial charge is 0.161 e. The third-order valence-corrected chi connectivity index (χ3v) is 4.11. The molecule has 0 aliphatic carbocycles. The van der Waals surface area contributed by atoms with E-state index in [1.54, 1.807) is 11.3 Å². The van der Waals surface area contributed by atoms with Gasteiger partial charge < -0.3 is 9.47 Å². The Morgan fingerprint density at radius 3 is 2.67 bits per heavy atom. The average Bonchev–Trinajstić information content (AvgIpc) is 2.83. The van der Waals surface area contributed by atoms with Crippen molar-refractivity contribution in [3.63, 3.8) is 0 Å². The summed E-state index contributed by atoms with van der Waals surface area (Å²) in [6, 6.07) is 7.97. The topological polar surface area (TPSA) is 18.5 Å². The highest BCUT2D eigenvalue weighted by Gasteiger charge is 2.16. The number of thiophene rings is 1. The molecule has 0 spiro atoms. The Hall–Kier alpha value is -1.19. The van der Waals surface area contributed by atoms with Gasteiger partial charge in [0, 0.05) is 6.42 Å². The summed E-state index contributed by atoms with van der Waals surface area (Å²) in [4.78, 5) is 0. The minimum absolute atomic E-state index is 0.131. The van der Waals surface area contributed by atoms with Crippen LogP contribution in [0, 0.1) is 0 Å². The lowest BCUT2D eigenvalue weighted by atomic mass is 10.1. The second-order valence-electron chi connectivity index (χ2n) is 4.18.